The molecule has 0 aliphatic carbocycles. The van der Waals surface area contributed by atoms with Crippen molar-refractivity contribution in [2.75, 3.05) is 0 Å². The molecule has 0 aromatic carbocycles. The maximum atomic E-state index is 10.2. The zero-order valence-electron chi connectivity index (χ0n) is 3.40. The van der Waals surface area contributed by atoms with E-state index in [-0.39, 0.29) is 51.4 Å². The van der Waals surface area contributed by atoms with E-state index in [1.54, 1.807) is 0 Å². The van der Waals surface area contributed by atoms with E-state index in [1.807, 2.05) is 0 Å². The molecule has 7 heavy (non-hydrogen) atoms. The van der Waals surface area contributed by atoms with Crippen molar-refractivity contribution in [2.45, 2.75) is 0 Å². The van der Waals surface area contributed by atoms with Gasteiger partial charge < -0.3 is 0 Å². The molecule has 0 atom stereocenters. The van der Waals surface area contributed by atoms with Gasteiger partial charge in [0.05, 0.1) is 0 Å². The van der Waals surface area contributed by atoms with Crippen molar-refractivity contribution in [3.05, 3.63) is 0 Å². The maximum absolute atomic E-state index is 10.2. The van der Waals surface area contributed by atoms with E-state index in [2.05, 4.69) is 0 Å². The van der Waals surface area contributed by atoms with Crippen LogP contribution in [-0.2, 0) is 10.5 Å². The first kappa shape index (κ1) is 11.3. The SMILES string of the molecule is O=S(O)(F)(F)F.[K]. The van der Waals surface area contributed by atoms with Gasteiger partial charge in [-0.05, 0) is 11.7 Å². The molecule has 0 saturated heterocycles. The molecule has 0 unspecified atom stereocenters. The van der Waals surface area contributed by atoms with Crippen LogP contribution < -0.4 is 0 Å². The van der Waals surface area contributed by atoms with Crippen molar-refractivity contribution in [3.8, 4) is 0 Å². The van der Waals surface area contributed by atoms with Crippen LogP contribution in [0.25, 0.3) is 0 Å². The minimum Gasteiger partial charge on any atom is -0.230 e. The van der Waals surface area contributed by atoms with Gasteiger partial charge in [-0.15, -0.1) is 4.21 Å². The fourth-order valence-corrected chi connectivity index (χ4v) is 0. The van der Waals surface area contributed by atoms with E-state index in [0.29, 0.717) is 0 Å². The second kappa shape index (κ2) is 2.42. The van der Waals surface area contributed by atoms with E-state index in [4.69, 9.17) is 8.76 Å². The summed E-state index contributed by atoms with van der Waals surface area (Å²) in [5, 5.41) is 0. The van der Waals surface area contributed by atoms with Gasteiger partial charge in [-0.3, -0.25) is 0 Å². The standard InChI is InChI=1S/F3HO2S.K/c1-6(2,3,4)5;/h(H,4,5);. The Morgan fingerprint density at radius 3 is 1.29 bits per heavy atom. The van der Waals surface area contributed by atoms with E-state index in [9.17, 15) is 11.7 Å². The summed E-state index contributed by atoms with van der Waals surface area (Å²) in [6.07, 6.45) is 0. The molecular weight excluding hydrogens is 160 g/mol. The third-order valence-corrected chi connectivity index (χ3v) is 0. The van der Waals surface area contributed by atoms with Gasteiger partial charge in [-0.2, -0.15) is 0 Å². The van der Waals surface area contributed by atoms with Crippen LogP contribution in [0.4, 0.5) is 11.7 Å². The van der Waals surface area contributed by atoms with Gasteiger partial charge in [0.2, 0.25) is 10.5 Å². The second-order valence-electron chi connectivity index (χ2n) is 0.646. The Morgan fingerprint density at radius 2 is 1.29 bits per heavy atom. The summed E-state index contributed by atoms with van der Waals surface area (Å²) >= 11 is 0. The first-order valence-corrected chi connectivity index (χ1v) is 2.44. The van der Waals surface area contributed by atoms with Crippen molar-refractivity contribution < 1.29 is 20.4 Å². The normalized spacial score (nSPS) is 16.3. The maximum Gasteiger partial charge on any atom is 0.212 e. The summed E-state index contributed by atoms with van der Waals surface area (Å²) < 4.78 is 45.3. The summed E-state index contributed by atoms with van der Waals surface area (Å²) in [5.74, 6) is 0. The zero-order valence-corrected chi connectivity index (χ0v) is 7.34. The molecule has 0 heterocycles. The summed E-state index contributed by atoms with van der Waals surface area (Å²) in [5.41, 5.74) is 0. The molecule has 0 bridgehead atoms. The molecule has 0 aromatic rings. The molecular formula is HF3KO2S. The predicted octanol–water partition coefficient (Wildman–Crippen LogP) is 0.552. The van der Waals surface area contributed by atoms with Crippen LogP contribution in [-0.4, -0.2) is 60.1 Å². The van der Waals surface area contributed by atoms with Gasteiger partial charge >= 0.3 is 0 Å². The molecule has 41 valence electrons. The van der Waals surface area contributed by atoms with Crippen molar-refractivity contribution in [2.24, 2.45) is 0 Å². The molecule has 0 spiro atoms. The molecule has 1 N–H and O–H groups in total. The van der Waals surface area contributed by atoms with Crippen LogP contribution in [0.2, 0.25) is 0 Å². The Morgan fingerprint density at radius 1 is 1.29 bits per heavy atom. The smallest absolute Gasteiger partial charge is 0.212 e. The van der Waals surface area contributed by atoms with Crippen LogP contribution >= 0.6 is 0 Å². The molecule has 7 heteroatoms. The monoisotopic (exact) mass is 161 g/mol. The van der Waals surface area contributed by atoms with Crippen LogP contribution in [0.3, 0.4) is 0 Å². The zero-order chi connectivity index (χ0) is 5.45. The molecule has 2 nitrogen and oxygen atoms in total. The Bertz CT molecular complexity index is 90.6. The summed E-state index contributed by atoms with van der Waals surface area (Å²) in [7, 11) is -7.60. The van der Waals surface area contributed by atoms with Crippen molar-refractivity contribution in [1.82, 2.24) is 0 Å². The van der Waals surface area contributed by atoms with Crippen LogP contribution in [0.5, 0.6) is 0 Å². The molecule has 0 fully saturated rings. The van der Waals surface area contributed by atoms with Gasteiger partial charge in [-0.1, -0.05) is 0 Å². The average Bonchev–Trinajstić information content (AvgIpc) is 0.650. The average molecular weight is 161 g/mol. The minimum absolute atomic E-state index is 0. The minimum atomic E-state index is -7.60. The van der Waals surface area contributed by atoms with Gasteiger partial charge in [-0.25, -0.2) is 4.55 Å². The van der Waals surface area contributed by atoms with E-state index >= 15 is 0 Å². The van der Waals surface area contributed by atoms with E-state index in [0.717, 1.165) is 0 Å². The Hall–Kier alpha value is 1.54. The second-order valence-corrected chi connectivity index (χ2v) is 1.94. The van der Waals surface area contributed by atoms with Crippen molar-refractivity contribution in [1.29, 1.82) is 0 Å². The molecule has 0 rings (SSSR count). The molecule has 0 aromatic heterocycles. The summed E-state index contributed by atoms with van der Waals surface area (Å²) in [6.45, 7) is 0. The predicted molar refractivity (Wildman–Crippen MR) is 19.8 cm³/mol. The molecule has 0 aliphatic heterocycles. The molecule has 0 saturated carbocycles. The van der Waals surface area contributed by atoms with Crippen molar-refractivity contribution >= 4 is 61.9 Å². The quantitative estimate of drug-likeness (QED) is 0.416. The summed E-state index contributed by atoms with van der Waals surface area (Å²) in [4.78, 5) is 0. The van der Waals surface area contributed by atoms with E-state index < -0.39 is 10.5 Å². The number of hydrogen-bond donors (Lipinski definition) is 1. The largest absolute Gasteiger partial charge is 0.230 e. The topological polar surface area (TPSA) is 37.3 Å². The fourth-order valence-electron chi connectivity index (χ4n) is 0. The molecule has 0 aliphatic rings. The molecule has 1 radical (unpaired) electrons. The third kappa shape index (κ3) is 97.9. The van der Waals surface area contributed by atoms with E-state index in [1.165, 1.54) is 0 Å². The summed E-state index contributed by atoms with van der Waals surface area (Å²) in [6, 6.07) is 0. The third-order valence-electron chi connectivity index (χ3n) is 0. The van der Waals surface area contributed by atoms with Crippen LogP contribution in [0, 0.1) is 0 Å². The van der Waals surface area contributed by atoms with Gasteiger partial charge in [0.15, 0.2) is 0 Å². The van der Waals surface area contributed by atoms with Gasteiger partial charge in [0, 0.05) is 51.4 Å². The number of rotatable bonds is 0. The number of halogens is 3. The first-order valence-electron chi connectivity index (χ1n) is 0.812. The van der Waals surface area contributed by atoms with Gasteiger partial charge in [0.1, 0.15) is 0 Å². The Balaban J connectivity index is 0. The first-order chi connectivity index (χ1) is 2.24. The molecule has 0 amide bonds. The van der Waals surface area contributed by atoms with Crippen LogP contribution in [0.15, 0.2) is 0 Å². The fraction of sp³-hybridized carbons (Fsp3) is 0. The number of hydrogen-bond acceptors (Lipinski definition) is 1. The van der Waals surface area contributed by atoms with Gasteiger partial charge in [0.25, 0.3) is 0 Å². The Labute approximate surface area is 81.0 Å². The van der Waals surface area contributed by atoms with Crippen molar-refractivity contribution in [3.63, 3.8) is 0 Å². The Kier molecular flexibility index (Phi) is 3.92. The van der Waals surface area contributed by atoms with Crippen LogP contribution in [0.1, 0.15) is 0 Å².